The van der Waals surface area contributed by atoms with Crippen LogP contribution in [-0.2, 0) is 19.8 Å². The van der Waals surface area contributed by atoms with Crippen molar-refractivity contribution in [1.82, 2.24) is 15.5 Å². The van der Waals surface area contributed by atoms with Gasteiger partial charge in [-0.3, -0.25) is 9.59 Å². The summed E-state index contributed by atoms with van der Waals surface area (Å²) in [6.07, 6.45) is 5.52. The normalized spacial score (nSPS) is 18.4. The molecule has 1 aromatic carbocycles. The maximum absolute atomic E-state index is 13.9. The number of nitrogens with one attached hydrogen (secondary N) is 2. The average Bonchev–Trinajstić information content (AvgIpc) is 3.30. The summed E-state index contributed by atoms with van der Waals surface area (Å²) in [6.45, 7) is 11.2. The first-order valence-electron chi connectivity index (χ1n) is 13.0. The van der Waals surface area contributed by atoms with Crippen LogP contribution < -0.4 is 10.6 Å². The second kappa shape index (κ2) is 12.0. The van der Waals surface area contributed by atoms with Gasteiger partial charge < -0.3 is 20.6 Å². The highest BCUT2D eigenvalue weighted by Crippen LogP contribution is 2.44. The topological polar surface area (TPSA) is 98.7 Å². The second-order valence-corrected chi connectivity index (χ2v) is 11.6. The lowest BCUT2D eigenvalue weighted by molar-refractivity contribution is -0.141. The summed E-state index contributed by atoms with van der Waals surface area (Å²) in [5.74, 6) is -1.45. The summed E-state index contributed by atoms with van der Waals surface area (Å²) < 4.78 is 0. The van der Waals surface area contributed by atoms with E-state index in [0.29, 0.717) is 0 Å². The molecule has 3 N–H and O–H groups in total. The van der Waals surface area contributed by atoms with Crippen LogP contribution in [0.4, 0.5) is 0 Å². The zero-order chi connectivity index (χ0) is 27.3. The molecule has 0 radical (unpaired) electrons. The zero-order valence-electron chi connectivity index (χ0n) is 23.2. The maximum Gasteiger partial charge on any atom is 0.331 e. The Balaban J connectivity index is 2.39. The number of carbonyl (C=O) groups is 3. The van der Waals surface area contributed by atoms with Crippen LogP contribution in [0.2, 0.25) is 0 Å². The number of aliphatic carboxylic acids is 1. The van der Waals surface area contributed by atoms with Gasteiger partial charge in [-0.05, 0) is 43.7 Å². The molecular formula is C29H45N3O4. The van der Waals surface area contributed by atoms with Crippen molar-refractivity contribution >= 4 is 17.8 Å². The van der Waals surface area contributed by atoms with Crippen molar-refractivity contribution in [3.8, 4) is 0 Å². The molecule has 1 unspecified atom stereocenters. The molecule has 1 aliphatic carbocycles. The Kier molecular flexibility index (Phi) is 9.89. The van der Waals surface area contributed by atoms with Gasteiger partial charge in [0.25, 0.3) is 0 Å². The Bertz CT molecular complexity index is 943. The molecule has 1 aromatic rings. The van der Waals surface area contributed by atoms with Crippen LogP contribution in [0.25, 0.3) is 0 Å². The summed E-state index contributed by atoms with van der Waals surface area (Å²) in [6, 6.07) is 8.50. The summed E-state index contributed by atoms with van der Waals surface area (Å²) in [5.41, 5.74) is 0.439. The third-order valence-corrected chi connectivity index (χ3v) is 7.58. The summed E-state index contributed by atoms with van der Waals surface area (Å²) in [5, 5.41) is 15.7. The molecule has 1 saturated carbocycles. The van der Waals surface area contributed by atoms with E-state index in [4.69, 9.17) is 0 Å². The van der Waals surface area contributed by atoms with E-state index in [1.165, 1.54) is 6.92 Å². The highest BCUT2D eigenvalue weighted by molar-refractivity contribution is 5.92. The van der Waals surface area contributed by atoms with Gasteiger partial charge in [0.1, 0.15) is 6.04 Å². The zero-order valence-corrected chi connectivity index (χ0v) is 23.2. The largest absolute Gasteiger partial charge is 0.478 e. The van der Waals surface area contributed by atoms with E-state index in [2.05, 4.69) is 22.8 Å². The minimum absolute atomic E-state index is 0.00512. The van der Waals surface area contributed by atoms with Crippen molar-refractivity contribution in [3.05, 3.63) is 47.5 Å². The van der Waals surface area contributed by atoms with E-state index >= 15 is 0 Å². The molecule has 0 spiro atoms. The highest BCUT2D eigenvalue weighted by Gasteiger charge is 2.47. The number of amides is 2. The summed E-state index contributed by atoms with van der Waals surface area (Å²) >= 11 is 0. The van der Waals surface area contributed by atoms with Crippen molar-refractivity contribution < 1.29 is 19.5 Å². The molecule has 7 heteroatoms. The molecule has 3 atom stereocenters. The monoisotopic (exact) mass is 499 g/mol. The first-order chi connectivity index (χ1) is 16.8. The third kappa shape index (κ3) is 6.55. The fourth-order valence-electron chi connectivity index (χ4n) is 5.48. The number of carboxylic acid groups (broad SMARTS) is 1. The number of hydrogen-bond donors (Lipinski definition) is 3. The van der Waals surface area contributed by atoms with E-state index in [1.54, 1.807) is 18.0 Å². The van der Waals surface area contributed by atoms with Crippen LogP contribution in [-0.4, -0.2) is 60.0 Å². The van der Waals surface area contributed by atoms with Crippen LogP contribution in [0, 0.1) is 11.3 Å². The predicted molar refractivity (Wildman–Crippen MR) is 144 cm³/mol. The van der Waals surface area contributed by atoms with Crippen LogP contribution in [0.15, 0.2) is 42.0 Å². The number of likely N-dealkylation sites (N-methyl/N-ethyl adjacent to an activating group) is 2. The average molecular weight is 500 g/mol. The summed E-state index contributed by atoms with van der Waals surface area (Å²) in [7, 11) is 3.49. The highest BCUT2D eigenvalue weighted by atomic mass is 16.4. The van der Waals surface area contributed by atoms with E-state index in [9.17, 15) is 19.5 Å². The van der Waals surface area contributed by atoms with Crippen LogP contribution in [0.5, 0.6) is 0 Å². The first-order valence-corrected chi connectivity index (χ1v) is 13.0. The lowest BCUT2D eigenvalue weighted by atomic mass is 9.72. The Morgan fingerprint density at radius 3 is 2.08 bits per heavy atom. The Morgan fingerprint density at radius 2 is 1.64 bits per heavy atom. The quantitative estimate of drug-likeness (QED) is 0.421. The Labute approximate surface area is 216 Å². The van der Waals surface area contributed by atoms with Gasteiger partial charge in [-0.1, -0.05) is 83.9 Å². The van der Waals surface area contributed by atoms with Crippen LogP contribution in [0.1, 0.15) is 72.8 Å². The second-order valence-electron chi connectivity index (χ2n) is 11.6. The molecule has 7 nitrogen and oxygen atoms in total. The molecule has 36 heavy (non-hydrogen) atoms. The molecule has 0 aliphatic heterocycles. The molecule has 2 rings (SSSR count). The van der Waals surface area contributed by atoms with Crippen LogP contribution in [0.3, 0.4) is 0 Å². The molecule has 200 valence electrons. The molecular weight excluding hydrogens is 454 g/mol. The van der Waals surface area contributed by atoms with Crippen molar-refractivity contribution in [1.29, 1.82) is 0 Å². The molecule has 0 aromatic heterocycles. The summed E-state index contributed by atoms with van der Waals surface area (Å²) in [4.78, 5) is 40.7. The molecule has 0 bridgehead atoms. The Morgan fingerprint density at radius 1 is 1.08 bits per heavy atom. The van der Waals surface area contributed by atoms with Crippen molar-refractivity contribution in [2.45, 2.75) is 90.8 Å². The number of nitrogens with zero attached hydrogens (tertiary/aromatic N) is 1. The molecule has 1 aliphatic rings. The van der Waals surface area contributed by atoms with E-state index in [1.807, 2.05) is 59.9 Å². The van der Waals surface area contributed by atoms with Gasteiger partial charge in [0.15, 0.2) is 0 Å². The van der Waals surface area contributed by atoms with Gasteiger partial charge in [-0.15, -0.1) is 0 Å². The fourth-order valence-corrected chi connectivity index (χ4v) is 5.48. The molecule has 0 heterocycles. The third-order valence-electron chi connectivity index (χ3n) is 7.58. The van der Waals surface area contributed by atoms with Gasteiger partial charge in [-0.2, -0.15) is 0 Å². The Hall–Kier alpha value is -2.67. The van der Waals surface area contributed by atoms with Gasteiger partial charge in [0, 0.05) is 18.0 Å². The number of carbonyl (C=O) groups excluding carboxylic acids is 2. The van der Waals surface area contributed by atoms with E-state index in [0.717, 1.165) is 31.2 Å². The van der Waals surface area contributed by atoms with Crippen molar-refractivity contribution in [2.75, 3.05) is 14.1 Å². The maximum atomic E-state index is 13.9. The predicted octanol–water partition coefficient (Wildman–Crippen LogP) is 4.13. The van der Waals surface area contributed by atoms with E-state index < -0.39 is 29.5 Å². The van der Waals surface area contributed by atoms with Crippen LogP contribution >= 0.6 is 0 Å². The fraction of sp³-hybridized carbons (Fsp3) is 0.621. The number of hydrogen-bond acceptors (Lipinski definition) is 4. The SMILES string of the molecule is CN[C@@H](C(=O)N[C@H](C(=O)N(C)C(/C=C(\C)C(=O)O)C(C)C)C(C)(C)C)C1(c2ccccc2)CCCC1. The smallest absolute Gasteiger partial charge is 0.331 e. The lowest BCUT2D eigenvalue weighted by Gasteiger charge is -2.41. The first kappa shape index (κ1) is 29.6. The lowest BCUT2D eigenvalue weighted by Crippen LogP contribution is -2.62. The number of carboxylic acids is 1. The van der Waals surface area contributed by atoms with Crippen molar-refractivity contribution in [2.24, 2.45) is 11.3 Å². The van der Waals surface area contributed by atoms with Gasteiger partial charge in [0.2, 0.25) is 11.8 Å². The standard InChI is InChI=1S/C29H45N3O4/c1-19(2)22(18-20(3)27(35)36)32(8)26(34)24(28(4,5)6)31-25(33)23(30-7)29(16-12-13-17-29)21-14-10-9-11-15-21/h9-11,14-15,18-19,22-24,30H,12-13,16-17H2,1-8H3,(H,31,33)(H,35,36)/b20-18+/t22?,23-,24+/m0/s1. The molecule has 0 saturated heterocycles. The van der Waals surface area contributed by atoms with Gasteiger partial charge >= 0.3 is 5.97 Å². The minimum atomic E-state index is -1.01. The van der Waals surface area contributed by atoms with Gasteiger partial charge in [0.05, 0.1) is 12.1 Å². The van der Waals surface area contributed by atoms with E-state index in [-0.39, 0.29) is 28.7 Å². The van der Waals surface area contributed by atoms with Crippen molar-refractivity contribution in [3.63, 3.8) is 0 Å². The number of benzene rings is 1. The van der Waals surface area contributed by atoms with Gasteiger partial charge in [-0.25, -0.2) is 4.79 Å². The minimum Gasteiger partial charge on any atom is -0.478 e. The molecule has 2 amide bonds. The number of rotatable bonds is 10. The molecule has 1 fully saturated rings.